The maximum absolute atomic E-state index is 13.8. The number of fused-ring (bicyclic) bond motifs is 1. The van der Waals surface area contributed by atoms with Gasteiger partial charge in [0.2, 0.25) is 0 Å². The van der Waals surface area contributed by atoms with Gasteiger partial charge >= 0.3 is 6.18 Å². The maximum atomic E-state index is 13.8. The lowest BCUT2D eigenvalue weighted by molar-refractivity contribution is -0.137. The topological polar surface area (TPSA) is 45.2 Å². The van der Waals surface area contributed by atoms with Crippen LogP contribution in [0.4, 0.5) is 13.2 Å². The lowest BCUT2D eigenvalue weighted by Crippen LogP contribution is -2.57. The molecule has 2 aliphatic rings. The zero-order chi connectivity index (χ0) is 29.1. The molecule has 41 heavy (non-hydrogen) atoms. The molecular formula is C32H38F3N3O3. The normalized spacial score (nSPS) is 22.7. The van der Waals surface area contributed by atoms with Crippen LogP contribution in [0, 0.1) is 0 Å². The number of ether oxygens (including phenoxy) is 2. The highest BCUT2D eigenvalue weighted by Crippen LogP contribution is 2.33. The minimum Gasteiger partial charge on any atom is -0.497 e. The van der Waals surface area contributed by atoms with Gasteiger partial charge in [-0.2, -0.15) is 13.2 Å². The Kier molecular flexibility index (Phi) is 8.87. The molecule has 0 unspecified atom stereocenters. The number of hydrogen-bond acceptors (Lipinski definition) is 5. The minimum atomic E-state index is -4.58. The van der Waals surface area contributed by atoms with Crippen LogP contribution in [0.15, 0.2) is 60.7 Å². The molecular weight excluding hydrogens is 531 g/mol. The predicted molar refractivity (Wildman–Crippen MR) is 153 cm³/mol. The summed E-state index contributed by atoms with van der Waals surface area (Å²) in [6.07, 6.45) is -3.59. The van der Waals surface area contributed by atoms with Gasteiger partial charge in [-0.3, -0.25) is 14.6 Å². The van der Waals surface area contributed by atoms with E-state index in [0.717, 1.165) is 54.6 Å². The van der Waals surface area contributed by atoms with Gasteiger partial charge in [0.25, 0.3) is 5.91 Å². The van der Waals surface area contributed by atoms with Crippen molar-refractivity contribution in [1.29, 1.82) is 0 Å². The summed E-state index contributed by atoms with van der Waals surface area (Å²) in [6.45, 7) is 9.46. The van der Waals surface area contributed by atoms with E-state index >= 15 is 0 Å². The Labute approximate surface area is 239 Å². The van der Waals surface area contributed by atoms with Crippen LogP contribution < -0.4 is 4.74 Å². The molecule has 1 amide bonds. The number of halogens is 3. The second kappa shape index (κ2) is 12.4. The molecule has 2 heterocycles. The van der Waals surface area contributed by atoms with Crippen LogP contribution in [0.2, 0.25) is 0 Å². The van der Waals surface area contributed by atoms with Crippen LogP contribution in [0.1, 0.15) is 35.3 Å². The first-order chi connectivity index (χ1) is 19.6. The molecule has 3 atom stereocenters. The maximum Gasteiger partial charge on any atom is 0.416 e. The van der Waals surface area contributed by atoms with Crippen molar-refractivity contribution in [2.45, 2.75) is 44.7 Å². The Balaban J connectivity index is 1.38. The van der Waals surface area contributed by atoms with Crippen molar-refractivity contribution in [1.82, 2.24) is 14.7 Å². The molecule has 6 nitrogen and oxygen atoms in total. The molecule has 0 saturated carbocycles. The van der Waals surface area contributed by atoms with Gasteiger partial charge in [-0.05, 0) is 54.8 Å². The highest BCUT2D eigenvalue weighted by molar-refractivity contribution is 5.95. The van der Waals surface area contributed by atoms with Gasteiger partial charge in [-0.15, -0.1) is 0 Å². The number of carbonyl (C=O) groups is 1. The van der Waals surface area contributed by atoms with Crippen molar-refractivity contribution in [3.8, 4) is 5.75 Å². The molecule has 0 radical (unpaired) electrons. The Bertz CT molecular complexity index is 1350. The number of carbonyl (C=O) groups excluding carboxylic acids is 1. The van der Waals surface area contributed by atoms with Gasteiger partial charge in [0.05, 0.1) is 24.9 Å². The number of morpholine rings is 1. The number of piperazine rings is 1. The summed E-state index contributed by atoms with van der Waals surface area (Å²) in [5, 5.41) is 2.26. The fourth-order valence-electron chi connectivity index (χ4n) is 6.12. The molecule has 3 aromatic carbocycles. The van der Waals surface area contributed by atoms with Gasteiger partial charge in [0, 0.05) is 57.4 Å². The summed E-state index contributed by atoms with van der Waals surface area (Å²) < 4.78 is 51.9. The molecule has 0 N–H and O–H groups in total. The average Bonchev–Trinajstić information content (AvgIpc) is 2.94. The molecule has 2 saturated heterocycles. The lowest BCUT2D eigenvalue weighted by atomic mass is 9.98. The van der Waals surface area contributed by atoms with Crippen molar-refractivity contribution in [2.75, 3.05) is 52.9 Å². The number of methoxy groups -OCH3 is 1. The Morgan fingerprint density at radius 3 is 2.32 bits per heavy atom. The first-order valence-electron chi connectivity index (χ1n) is 14.2. The van der Waals surface area contributed by atoms with Crippen LogP contribution in [0.3, 0.4) is 0 Å². The Morgan fingerprint density at radius 2 is 1.61 bits per heavy atom. The van der Waals surface area contributed by atoms with Crippen molar-refractivity contribution in [2.24, 2.45) is 0 Å². The fourth-order valence-corrected chi connectivity index (χ4v) is 6.12. The van der Waals surface area contributed by atoms with E-state index in [9.17, 15) is 18.0 Å². The number of rotatable bonds is 7. The molecule has 2 fully saturated rings. The Morgan fingerprint density at radius 1 is 0.902 bits per heavy atom. The third-order valence-electron chi connectivity index (χ3n) is 8.06. The molecule has 0 bridgehead atoms. The molecule has 3 aromatic rings. The molecule has 0 spiro atoms. The van der Waals surface area contributed by atoms with Crippen molar-refractivity contribution in [3.63, 3.8) is 0 Å². The molecule has 220 valence electrons. The zero-order valence-electron chi connectivity index (χ0n) is 23.9. The van der Waals surface area contributed by atoms with Crippen LogP contribution in [-0.4, -0.2) is 91.8 Å². The van der Waals surface area contributed by atoms with E-state index in [1.54, 1.807) is 4.90 Å². The molecule has 0 aliphatic carbocycles. The highest BCUT2D eigenvalue weighted by Gasteiger charge is 2.35. The number of benzene rings is 3. The number of alkyl halides is 3. The van der Waals surface area contributed by atoms with E-state index in [0.29, 0.717) is 26.1 Å². The van der Waals surface area contributed by atoms with Crippen LogP contribution >= 0.6 is 0 Å². The SMILES string of the molecule is COc1cc(C(=O)N2CCN(CCN3C[C@@H](C)O[C@@H](C)C3)C[C@H]2Cc2ccc3ccccc3c2)cc(C(F)(F)F)c1. The predicted octanol–water partition coefficient (Wildman–Crippen LogP) is 5.35. The second-order valence-corrected chi connectivity index (χ2v) is 11.3. The van der Waals surface area contributed by atoms with E-state index in [2.05, 4.69) is 54.0 Å². The molecule has 5 rings (SSSR count). The van der Waals surface area contributed by atoms with Gasteiger partial charge in [0.1, 0.15) is 5.75 Å². The molecule has 0 aromatic heterocycles. The molecule has 2 aliphatic heterocycles. The third-order valence-corrected chi connectivity index (χ3v) is 8.06. The van der Waals surface area contributed by atoms with E-state index in [-0.39, 0.29) is 29.6 Å². The van der Waals surface area contributed by atoms with Gasteiger partial charge in [-0.25, -0.2) is 0 Å². The first kappa shape index (κ1) is 29.4. The third kappa shape index (κ3) is 7.20. The average molecular weight is 570 g/mol. The number of nitrogens with zero attached hydrogens (tertiary/aromatic N) is 3. The molecule has 9 heteroatoms. The summed E-state index contributed by atoms with van der Waals surface area (Å²) in [4.78, 5) is 20.3. The first-order valence-corrected chi connectivity index (χ1v) is 14.2. The van der Waals surface area contributed by atoms with Crippen molar-refractivity contribution in [3.05, 3.63) is 77.4 Å². The Hall–Kier alpha value is -3.14. The summed E-state index contributed by atoms with van der Waals surface area (Å²) in [7, 11) is 1.31. The van der Waals surface area contributed by atoms with E-state index < -0.39 is 17.6 Å². The monoisotopic (exact) mass is 569 g/mol. The van der Waals surface area contributed by atoms with E-state index in [1.165, 1.54) is 13.2 Å². The highest BCUT2D eigenvalue weighted by atomic mass is 19.4. The van der Waals surface area contributed by atoms with Crippen LogP contribution in [-0.2, 0) is 17.3 Å². The van der Waals surface area contributed by atoms with E-state index in [4.69, 9.17) is 9.47 Å². The summed E-state index contributed by atoms with van der Waals surface area (Å²) in [6, 6.07) is 17.5. The fraction of sp³-hybridized carbons (Fsp3) is 0.469. The van der Waals surface area contributed by atoms with Gasteiger partial charge in [0.15, 0.2) is 0 Å². The van der Waals surface area contributed by atoms with Crippen LogP contribution in [0.25, 0.3) is 10.8 Å². The summed E-state index contributed by atoms with van der Waals surface area (Å²) >= 11 is 0. The van der Waals surface area contributed by atoms with Crippen LogP contribution in [0.5, 0.6) is 5.75 Å². The standard InChI is InChI=1S/C32H38F3N3O3/c1-22-19-37(20-23(2)41-22)11-10-36-12-13-38(31(39)27-16-28(32(33,34)35)18-30(17-27)40-3)29(21-36)15-24-8-9-25-6-4-5-7-26(25)14-24/h4-9,14,16-18,22-23,29H,10-13,15,19-21H2,1-3H3/t22-,23+,29-/m1/s1. The zero-order valence-corrected chi connectivity index (χ0v) is 23.9. The smallest absolute Gasteiger partial charge is 0.416 e. The number of hydrogen-bond donors (Lipinski definition) is 0. The van der Waals surface area contributed by atoms with E-state index in [1.807, 2.05) is 12.1 Å². The largest absolute Gasteiger partial charge is 0.497 e. The van der Waals surface area contributed by atoms with Crippen molar-refractivity contribution >= 4 is 16.7 Å². The van der Waals surface area contributed by atoms with Crippen molar-refractivity contribution < 1.29 is 27.4 Å². The summed E-state index contributed by atoms with van der Waals surface area (Å²) in [5.41, 5.74) is 0.189. The quantitative estimate of drug-likeness (QED) is 0.384. The number of amides is 1. The van der Waals surface area contributed by atoms with Gasteiger partial charge in [-0.1, -0.05) is 42.5 Å². The second-order valence-electron chi connectivity index (χ2n) is 11.3. The lowest BCUT2D eigenvalue weighted by Gasteiger charge is -2.43. The summed E-state index contributed by atoms with van der Waals surface area (Å²) in [5.74, 6) is -0.391. The van der Waals surface area contributed by atoms with Gasteiger partial charge < -0.3 is 14.4 Å². The minimum absolute atomic E-state index is 0.00933.